The van der Waals surface area contributed by atoms with Gasteiger partial charge in [-0.05, 0) is 43.2 Å². The molecule has 2 heterocycles. The summed E-state index contributed by atoms with van der Waals surface area (Å²) in [5.41, 5.74) is 1.71. The Morgan fingerprint density at radius 1 is 1.13 bits per heavy atom. The molecule has 0 bridgehead atoms. The first-order valence-electron chi connectivity index (χ1n) is 6.98. The van der Waals surface area contributed by atoms with Crippen LogP contribution in [0.25, 0.3) is 5.65 Å². The SMILES string of the molecule is Cc1nnc2ccc(NCCc3ccc(S(N)(=O)=O)cc3)nn12. The van der Waals surface area contributed by atoms with E-state index < -0.39 is 10.0 Å². The van der Waals surface area contributed by atoms with Crippen molar-refractivity contribution >= 4 is 21.5 Å². The van der Waals surface area contributed by atoms with Gasteiger partial charge in [0.25, 0.3) is 0 Å². The number of rotatable bonds is 5. The van der Waals surface area contributed by atoms with Crippen LogP contribution in [0.15, 0.2) is 41.3 Å². The van der Waals surface area contributed by atoms with Crippen molar-refractivity contribution in [3.8, 4) is 0 Å². The van der Waals surface area contributed by atoms with Gasteiger partial charge in [0, 0.05) is 6.54 Å². The van der Waals surface area contributed by atoms with Crippen LogP contribution in [0.2, 0.25) is 0 Å². The molecular weight excluding hydrogens is 316 g/mol. The number of primary sulfonamides is 1. The molecule has 0 radical (unpaired) electrons. The average Bonchev–Trinajstić information content (AvgIpc) is 2.88. The smallest absolute Gasteiger partial charge is 0.238 e. The van der Waals surface area contributed by atoms with Gasteiger partial charge >= 0.3 is 0 Å². The van der Waals surface area contributed by atoms with Crippen LogP contribution in [0.4, 0.5) is 5.82 Å². The molecule has 0 atom stereocenters. The summed E-state index contributed by atoms with van der Waals surface area (Å²) >= 11 is 0. The fourth-order valence-corrected chi connectivity index (χ4v) is 2.69. The summed E-state index contributed by atoms with van der Waals surface area (Å²) in [4.78, 5) is 0.115. The Kier molecular flexibility index (Phi) is 3.97. The normalized spacial score (nSPS) is 11.7. The van der Waals surface area contributed by atoms with Gasteiger partial charge < -0.3 is 5.32 Å². The van der Waals surface area contributed by atoms with Crippen LogP contribution in [0.1, 0.15) is 11.4 Å². The molecule has 0 saturated carbocycles. The number of fused-ring (bicyclic) bond motifs is 1. The van der Waals surface area contributed by atoms with Crippen LogP contribution in [-0.4, -0.2) is 34.8 Å². The summed E-state index contributed by atoms with van der Waals surface area (Å²) in [5, 5.41) is 20.6. The van der Waals surface area contributed by atoms with E-state index >= 15 is 0 Å². The van der Waals surface area contributed by atoms with Gasteiger partial charge in [0.05, 0.1) is 4.90 Å². The second kappa shape index (κ2) is 5.94. The summed E-state index contributed by atoms with van der Waals surface area (Å²) in [6, 6.07) is 10.2. The fourth-order valence-electron chi connectivity index (χ4n) is 2.17. The number of aromatic nitrogens is 4. The third-order valence-electron chi connectivity index (χ3n) is 3.39. The molecule has 9 heteroatoms. The first kappa shape index (κ1) is 15.4. The number of nitrogens with two attached hydrogens (primary N) is 1. The summed E-state index contributed by atoms with van der Waals surface area (Å²) in [6.45, 7) is 2.50. The molecule has 0 amide bonds. The lowest BCUT2D eigenvalue weighted by Crippen LogP contribution is -2.12. The first-order valence-corrected chi connectivity index (χ1v) is 8.53. The topological polar surface area (TPSA) is 115 Å². The number of hydrogen-bond donors (Lipinski definition) is 2. The van der Waals surface area contributed by atoms with Gasteiger partial charge in [0.2, 0.25) is 10.0 Å². The third kappa shape index (κ3) is 3.46. The van der Waals surface area contributed by atoms with E-state index in [0.717, 1.165) is 23.6 Å². The number of aryl methyl sites for hydroxylation is 1. The molecule has 0 aliphatic rings. The molecule has 0 unspecified atom stereocenters. The Hall–Kier alpha value is -2.52. The van der Waals surface area contributed by atoms with Crippen molar-refractivity contribution in [1.29, 1.82) is 0 Å². The molecule has 0 fully saturated rings. The Labute approximate surface area is 133 Å². The van der Waals surface area contributed by atoms with Crippen LogP contribution in [-0.2, 0) is 16.4 Å². The molecule has 2 aromatic heterocycles. The second-order valence-corrected chi connectivity index (χ2v) is 6.66. The number of benzene rings is 1. The van der Waals surface area contributed by atoms with E-state index in [9.17, 15) is 8.42 Å². The zero-order valence-corrected chi connectivity index (χ0v) is 13.3. The summed E-state index contributed by atoms with van der Waals surface area (Å²) < 4.78 is 24.1. The van der Waals surface area contributed by atoms with Crippen molar-refractivity contribution < 1.29 is 8.42 Å². The molecule has 1 aromatic carbocycles. The summed E-state index contributed by atoms with van der Waals surface area (Å²) in [5.74, 6) is 1.45. The number of nitrogens with one attached hydrogen (secondary N) is 1. The first-order chi connectivity index (χ1) is 10.9. The second-order valence-electron chi connectivity index (χ2n) is 5.10. The lowest BCUT2D eigenvalue weighted by Gasteiger charge is -2.06. The molecule has 0 aliphatic carbocycles. The van der Waals surface area contributed by atoms with Gasteiger partial charge in [-0.2, -0.15) is 4.52 Å². The van der Waals surface area contributed by atoms with Crippen LogP contribution in [0.3, 0.4) is 0 Å². The van der Waals surface area contributed by atoms with Crippen molar-refractivity contribution in [3.05, 3.63) is 47.8 Å². The number of hydrogen-bond acceptors (Lipinski definition) is 6. The van der Waals surface area contributed by atoms with Gasteiger partial charge in [-0.25, -0.2) is 13.6 Å². The Morgan fingerprint density at radius 2 is 1.87 bits per heavy atom. The molecule has 0 saturated heterocycles. The summed E-state index contributed by atoms with van der Waals surface area (Å²) in [6.07, 6.45) is 0.728. The molecule has 8 nitrogen and oxygen atoms in total. The minimum atomic E-state index is -3.64. The van der Waals surface area contributed by atoms with E-state index in [1.807, 2.05) is 19.1 Å². The largest absolute Gasteiger partial charge is 0.368 e. The Balaban J connectivity index is 1.63. The molecule has 3 aromatic rings. The van der Waals surface area contributed by atoms with Crippen molar-refractivity contribution in [1.82, 2.24) is 19.8 Å². The van der Waals surface area contributed by atoms with Gasteiger partial charge in [-0.15, -0.1) is 15.3 Å². The van der Waals surface area contributed by atoms with Crippen molar-refractivity contribution in [2.45, 2.75) is 18.2 Å². The number of nitrogens with zero attached hydrogens (tertiary/aromatic N) is 4. The highest BCUT2D eigenvalue weighted by Gasteiger charge is 2.07. The number of sulfonamides is 1. The maximum atomic E-state index is 11.2. The highest BCUT2D eigenvalue weighted by Crippen LogP contribution is 2.10. The average molecular weight is 332 g/mol. The quantitative estimate of drug-likeness (QED) is 0.712. The lowest BCUT2D eigenvalue weighted by atomic mass is 10.1. The lowest BCUT2D eigenvalue weighted by molar-refractivity contribution is 0.598. The predicted molar refractivity (Wildman–Crippen MR) is 85.5 cm³/mol. The molecule has 3 rings (SSSR count). The Morgan fingerprint density at radius 3 is 2.57 bits per heavy atom. The van der Waals surface area contributed by atoms with Crippen LogP contribution in [0.5, 0.6) is 0 Å². The number of anilines is 1. The molecule has 23 heavy (non-hydrogen) atoms. The molecule has 120 valence electrons. The minimum Gasteiger partial charge on any atom is -0.368 e. The zero-order valence-electron chi connectivity index (χ0n) is 12.5. The Bertz CT molecular complexity index is 934. The minimum absolute atomic E-state index is 0.115. The monoisotopic (exact) mass is 332 g/mol. The van der Waals surface area contributed by atoms with E-state index in [0.29, 0.717) is 12.2 Å². The highest BCUT2D eigenvalue weighted by molar-refractivity contribution is 7.89. The van der Waals surface area contributed by atoms with E-state index in [2.05, 4.69) is 20.6 Å². The molecular formula is C14H16N6O2S. The van der Waals surface area contributed by atoms with Crippen LogP contribution >= 0.6 is 0 Å². The van der Waals surface area contributed by atoms with E-state index in [-0.39, 0.29) is 4.90 Å². The van der Waals surface area contributed by atoms with E-state index in [4.69, 9.17) is 5.14 Å². The highest BCUT2D eigenvalue weighted by atomic mass is 32.2. The van der Waals surface area contributed by atoms with Gasteiger partial charge in [0.15, 0.2) is 11.5 Å². The van der Waals surface area contributed by atoms with Crippen molar-refractivity contribution in [2.75, 3.05) is 11.9 Å². The zero-order chi connectivity index (χ0) is 16.4. The van der Waals surface area contributed by atoms with Crippen LogP contribution in [0, 0.1) is 6.92 Å². The summed E-state index contributed by atoms with van der Waals surface area (Å²) in [7, 11) is -3.64. The van der Waals surface area contributed by atoms with E-state index in [1.165, 1.54) is 12.1 Å². The van der Waals surface area contributed by atoms with Crippen LogP contribution < -0.4 is 10.5 Å². The molecule has 3 N–H and O–H groups in total. The predicted octanol–water partition coefficient (Wildman–Crippen LogP) is 0.735. The third-order valence-corrected chi connectivity index (χ3v) is 4.32. The van der Waals surface area contributed by atoms with Gasteiger partial charge in [0.1, 0.15) is 5.82 Å². The standard InChI is InChI=1S/C14H16N6O2S/c1-10-17-18-14-7-6-13(19-20(10)14)16-9-8-11-2-4-12(5-3-11)23(15,21)22/h2-7H,8-9H2,1H3,(H,16,19)(H2,15,21,22). The van der Waals surface area contributed by atoms with Gasteiger partial charge in [-0.1, -0.05) is 12.1 Å². The van der Waals surface area contributed by atoms with E-state index in [1.54, 1.807) is 16.6 Å². The maximum Gasteiger partial charge on any atom is 0.238 e. The van der Waals surface area contributed by atoms with Crippen molar-refractivity contribution in [3.63, 3.8) is 0 Å². The fraction of sp³-hybridized carbons (Fsp3) is 0.214. The molecule has 0 spiro atoms. The van der Waals surface area contributed by atoms with Crippen molar-refractivity contribution in [2.24, 2.45) is 5.14 Å². The molecule has 0 aliphatic heterocycles. The maximum absolute atomic E-state index is 11.2. The van der Waals surface area contributed by atoms with Gasteiger partial charge in [-0.3, -0.25) is 0 Å².